The molecular formula is C22H25N2S+. The monoisotopic (exact) mass is 349 g/mol. The molecule has 4 rings (SSSR count). The van der Waals surface area contributed by atoms with Gasteiger partial charge in [-0.25, -0.2) is 4.57 Å². The van der Waals surface area contributed by atoms with Crippen LogP contribution in [0.15, 0.2) is 47.8 Å². The predicted octanol–water partition coefficient (Wildman–Crippen LogP) is 5.45. The standard InChI is InChI=1S/C22H24N2S/c1-13-14(2)24-12-23-11-19(25)21(24)17-10-18(22(3,4)5)15-8-6-7-9-16(15)20(13)17/h6-14H,1-5H3/p+1. The highest BCUT2D eigenvalue weighted by Gasteiger charge is 2.36. The number of hydrogen-bond acceptors (Lipinski definition) is 2. The molecule has 1 aromatic heterocycles. The van der Waals surface area contributed by atoms with Gasteiger partial charge in [-0.05, 0) is 40.3 Å². The maximum atomic E-state index is 4.75. The van der Waals surface area contributed by atoms with Gasteiger partial charge in [-0.1, -0.05) is 56.9 Å². The van der Waals surface area contributed by atoms with Crippen LogP contribution >= 0.6 is 12.6 Å². The Kier molecular flexibility index (Phi) is 3.69. The maximum absolute atomic E-state index is 4.75. The van der Waals surface area contributed by atoms with Crippen molar-refractivity contribution in [1.29, 1.82) is 0 Å². The van der Waals surface area contributed by atoms with Crippen LogP contribution in [0.1, 0.15) is 57.7 Å². The molecule has 0 saturated carbocycles. The van der Waals surface area contributed by atoms with Gasteiger partial charge in [0.1, 0.15) is 6.04 Å². The maximum Gasteiger partial charge on any atom is 0.286 e. The lowest BCUT2D eigenvalue weighted by Crippen LogP contribution is -2.46. The molecule has 2 unspecified atom stereocenters. The zero-order valence-electron chi connectivity index (χ0n) is 15.5. The van der Waals surface area contributed by atoms with Crippen LogP contribution in [0.25, 0.3) is 22.0 Å². The second-order valence-electron chi connectivity index (χ2n) is 8.24. The Labute approximate surface area is 155 Å². The van der Waals surface area contributed by atoms with E-state index in [0.29, 0.717) is 12.0 Å². The number of thiol groups is 1. The van der Waals surface area contributed by atoms with Crippen molar-refractivity contribution in [3.8, 4) is 11.3 Å². The van der Waals surface area contributed by atoms with E-state index in [1.54, 1.807) is 0 Å². The van der Waals surface area contributed by atoms with Gasteiger partial charge in [-0.2, -0.15) is 0 Å². The Morgan fingerprint density at radius 2 is 1.76 bits per heavy atom. The van der Waals surface area contributed by atoms with Gasteiger partial charge in [-0.3, -0.25) is 0 Å². The van der Waals surface area contributed by atoms with Gasteiger partial charge in [0.2, 0.25) is 0 Å². The van der Waals surface area contributed by atoms with E-state index in [0.717, 1.165) is 4.90 Å². The number of rotatable bonds is 0. The van der Waals surface area contributed by atoms with Crippen molar-refractivity contribution in [2.24, 2.45) is 0 Å². The normalized spacial score (nSPS) is 19.6. The molecule has 128 valence electrons. The number of fused-ring (bicyclic) bond motifs is 5. The molecule has 0 amide bonds. The molecule has 1 aliphatic heterocycles. The number of benzene rings is 2. The van der Waals surface area contributed by atoms with E-state index in [-0.39, 0.29) is 5.41 Å². The van der Waals surface area contributed by atoms with Gasteiger partial charge in [0.05, 0.1) is 4.90 Å². The van der Waals surface area contributed by atoms with Crippen molar-refractivity contribution in [3.63, 3.8) is 0 Å². The zero-order chi connectivity index (χ0) is 17.9. The van der Waals surface area contributed by atoms with Gasteiger partial charge >= 0.3 is 0 Å². The van der Waals surface area contributed by atoms with Crippen molar-refractivity contribution in [2.75, 3.05) is 0 Å². The topological polar surface area (TPSA) is 16.8 Å². The first-order valence-corrected chi connectivity index (χ1v) is 9.40. The van der Waals surface area contributed by atoms with Gasteiger partial charge in [0.15, 0.2) is 11.9 Å². The highest BCUT2D eigenvalue weighted by Crippen LogP contribution is 2.46. The van der Waals surface area contributed by atoms with Crippen LogP contribution in [0.4, 0.5) is 0 Å². The molecule has 0 spiro atoms. The van der Waals surface area contributed by atoms with Crippen LogP contribution in [-0.4, -0.2) is 4.98 Å². The smallest absolute Gasteiger partial charge is 0.226 e. The summed E-state index contributed by atoms with van der Waals surface area (Å²) >= 11 is 4.75. The summed E-state index contributed by atoms with van der Waals surface area (Å²) in [5, 5.41) is 2.75. The first-order chi connectivity index (χ1) is 11.8. The van der Waals surface area contributed by atoms with Gasteiger partial charge < -0.3 is 0 Å². The molecule has 0 bridgehead atoms. The molecule has 2 aromatic carbocycles. The molecule has 0 saturated heterocycles. The summed E-state index contributed by atoms with van der Waals surface area (Å²) in [6, 6.07) is 11.6. The van der Waals surface area contributed by atoms with Crippen molar-refractivity contribution in [3.05, 3.63) is 54.0 Å². The van der Waals surface area contributed by atoms with E-state index in [4.69, 9.17) is 12.6 Å². The van der Waals surface area contributed by atoms with Crippen LogP contribution in [0.2, 0.25) is 0 Å². The van der Waals surface area contributed by atoms with Crippen molar-refractivity contribution in [2.45, 2.75) is 56.9 Å². The minimum absolute atomic E-state index is 0.0789. The third-order valence-electron chi connectivity index (χ3n) is 5.66. The van der Waals surface area contributed by atoms with Crippen LogP contribution in [0, 0.1) is 0 Å². The van der Waals surface area contributed by atoms with E-state index >= 15 is 0 Å². The second kappa shape index (κ2) is 5.57. The third-order valence-corrected chi connectivity index (χ3v) is 5.98. The van der Waals surface area contributed by atoms with Gasteiger partial charge in [0.25, 0.3) is 6.33 Å². The lowest BCUT2D eigenvalue weighted by atomic mass is 9.76. The molecule has 3 heteroatoms. The lowest BCUT2D eigenvalue weighted by Gasteiger charge is -2.32. The SMILES string of the molecule is CC1c2c(cc(C(C)(C)C)c3ccccc23)-c2c(S)cnc[n+]2C1C. The Hall–Kier alpha value is -1.87. The fraction of sp³-hybridized carbons (Fsp3) is 0.364. The minimum atomic E-state index is 0.0789. The zero-order valence-corrected chi connectivity index (χ0v) is 16.4. The van der Waals surface area contributed by atoms with Gasteiger partial charge in [0, 0.05) is 11.5 Å². The molecule has 2 nitrogen and oxygen atoms in total. The van der Waals surface area contributed by atoms with Crippen LogP contribution in [-0.2, 0) is 5.41 Å². The van der Waals surface area contributed by atoms with Gasteiger partial charge in [-0.15, -0.1) is 12.6 Å². The molecule has 0 radical (unpaired) electrons. The fourth-order valence-electron chi connectivity index (χ4n) is 4.20. The van der Waals surface area contributed by atoms with E-state index in [1.165, 1.54) is 33.2 Å². The van der Waals surface area contributed by atoms with Crippen molar-refractivity contribution < 1.29 is 4.57 Å². The predicted molar refractivity (Wildman–Crippen MR) is 106 cm³/mol. The van der Waals surface area contributed by atoms with Crippen molar-refractivity contribution >= 4 is 23.4 Å². The molecule has 2 heterocycles. The first-order valence-electron chi connectivity index (χ1n) is 8.95. The van der Waals surface area contributed by atoms with E-state index in [1.807, 2.05) is 12.5 Å². The molecule has 0 fully saturated rings. The second-order valence-corrected chi connectivity index (χ2v) is 8.73. The average Bonchev–Trinajstić information content (AvgIpc) is 2.57. The summed E-state index contributed by atoms with van der Waals surface area (Å²) in [5.74, 6) is 0.420. The lowest BCUT2D eigenvalue weighted by molar-refractivity contribution is -0.718. The third kappa shape index (κ3) is 2.40. The summed E-state index contributed by atoms with van der Waals surface area (Å²) in [7, 11) is 0. The average molecular weight is 350 g/mol. The molecule has 25 heavy (non-hydrogen) atoms. The number of hydrogen-bond donors (Lipinski definition) is 1. The summed E-state index contributed by atoms with van der Waals surface area (Å²) in [6.07, 6.45) is 3.80. The summed E-state index contributed by atoms with van der Waals surface area (Å²) in [4.78, 5) is 5.32. The minimum Gasteiger partial charge on any atom is -0.226 e. The van der Waals surface area contributed by atoms with E-state index in [9.17, 15) is 0 Å². The number of aromatic nitrogens is 2. The van der Waals surface area contributed by atoms with E-state index in [2.05, 4.69) is 74.5 Å². The first kappa shape index (κ1) is 16.6. The molecule has 2 atom stereocenters. The Balaban J connectivity index is 2.20. The fourth-order valence-corrected chi connectivity index (χ4v) is 4.50. The largest absolute Gasteiger partial charge is 0.286 e. The Morgan fingerprint density at radius 1 is 1.08 bits per heavy atom. The van der Waals surface area contributed by atoms with Crippen LogP contribution in [0.3, 0.4) is 0 Å². The number of nitrogens with zero attached hydrogens (tertiary/aromatic N) is 2. The molecule has 0 N–H and O–H groups in total. The van der Waals surface area contributed by atoms with E-state index < -0.39 is 0 Å². The molecular weight excluding hydrogens is 324 g/mol. The Morgan fingerprint density at radius 3 is 2.44 bits per heavy atom. The van der Waals surface area contributed by atoms with Crippen molar-refractivity contribution in [1.82, 2.24) is 4.98 Å². The molecule has 3 aromatic rings. The van der Waals surface area contributed by atoms with Crippen LogP contribution < -0.4 is 4.57 Å². The summed E-state index contributed by atoms with van der Waals surface area (Å²) < 4.78 is 2.29. The highest BCUT2D eigenvalue weighted by atomic mass is 32.1. The molecule has 0 aliphatic carbocycles. The Bertz CT molecular complexity index is 985. The summed E-state index contributed by atoms with van der Waals surface area (Å²) in [6.45, 7) is 11.5. The molecule has 1 aliphatic rings. The quantitative estimate of drug-likeness (QED) is 0.421. The van der Waals surface area contributed by atoms with Crippen LogP contribution in [0.5, 0.6) is 0 Å². The summed E-state index contributed by atoms with van der Waals surface area (Å²) in [5.41, 5.74) is 5.41. The highest BCUT2D eigenvalue weighted by molar-refractivity contribution is 7.80.